The lowest BCUT2D eigenvalue weighted by molar-refractivity contribution is 0.0354. The molecule has 3 nitrogen and oxygen atoms in total. The molecule has 0 spiro atoms. The summed E-state index contributed by atoms with van der Waals surface area (Å²) in [5.41, 5.74) is 0. The van der Waals surface area contributed by atoms with Gasteiger partial charge in [0, 0.05) is 0 Å². The second-order valence-electron chi connectivity index (χ2n) is 2.17. The van der Waals surface area contributed by atoms with Crippen LogP contribution in [0.1, 0.15) is 0 Å². The third-order valence-electron chi connectivity index (χ3n) is 1.44. The Morgan fingerprint density at radius 1 is 1.40 bits per heavy atom. The molecular weight excluding hydrogens is 152 g/mol. The highest BCUT2D eigenvalue weighted by atomic mass is 32.2. The van der Waals surface area contributed by atoms with Crippen molar-refractivity contribution in [3.8, 4) is 0 Å². The largest absolute Gasteiger partial charge is 0.395 e. The third kappa shape index (κ3) is 1.52. The maximum Gasteiger partial charge on any atom is 0.0999 e. The molecule has 0 aromatic heterocycles. The first-order valence-corrected chi connectivity index (χ1v) is 3.99. The molecule has 3 atom stereocenters. The molecule has 1 heterocycles. The van der Waals surface area contributed by atoms with Crippen LogP contribution in [0, 0.1) is 0 Å². The lowest BCUT2D eigenvalue weighted by Gasteiger charge is -2.25. The molecule has 3 N–H and O–H groups in total. The predicted octanol–water partition coefficient (Wildman–Crippen LogP) is -0.670. The summed E-state index contributed by atoms with van der Waals surface area (Å²) >= 11 is 1.33. The van der Waals surface area contributed by atoms with Gasteiger partial charge in [-0.05, 0) is 11.5 Å². The van der Waals surface area contributed by atoms with Crippen LogP contribution in [0.4, 0.5) is 0 Å². The maximum absolute atomic E-state index is 9.16. The quantitative estimate of drug-likeness (QED) is 0.478. The van der Waals surface area contributed by atoms with Gasteiger partial charge in [0.05, 0.1) is 24.1 Å². The highest BCUT2D eigenvalue weighted by Gasteiger charge is 2.26. The van der Waals surface area contributed by atoms with Crippen LogP contribution in [-0.4, -0.2) is 39.4 Å². The lowest BCUT2D eigenvalue weighted by Crippen LogP contribution is -2.38. The second-order valence-corrected chi connectivity index (χ2v) is 3.32. The van der Waals surface area contributed by atoms with Gasteiger partial charge in [-0.2, -0.15) is 0 Å². The Kier molecular flexibility index (Phi) is 2.73. The fourth-order valence-electron chi connectivity index (χ4n) is 0.792. The van der Waals surface area contributed by atoms with Crippen molar-refractivity contribution < 1.29 is 15.3 Å². The average Bonchev–Trinajstić information content (AvgIpc) is 1.95. The van der Waals surface area contributed by atoms with Crippen LogP contribution in [0.15, 0.2) is 11.5 Å². The summed E-state index contributed by atoms with van der Waals surface area (Å²) in [4.78, 5) is 0. The van der Waals surface area contributed by atoms with E-state index in [4.69, 9.17) is 15.3 Å². The molecule has 0 aromatic rings. The molecular formula is C6H10O3S. The molecule has 1 aliphatic heterocycles. The summed E-state index contributed by atoms with van der Waals surface area (Å²) in [6.45, 7) is -0.104. The predicted molar refractivity (Wildman–Crippen MR) is 39.6 cm³/mol. The molecule has 3 unspecified atom stereocenters. The standard InChI is InChI=1S/C6H10O3S/c7-3-5-6(9)4(8)1-2-10-5/h1-2,4-9H,3H2. The van der Waals surface area contributed by atoms with Gasteiger partial charge in [-0.15, -0.1) is 11.8 Å². The van der Waals surface area contributed by atoms with Gasteiger partial charge in [-0.3, -0.25) is 0 Å². The summed E-state index contributed by atoms with van der Waals surface area (Å²) in [6, 6.07) is 0. The van der Waals surface area contributed by atoms with Crippen molar-refractivity contribution in [1.29, 1.82) is 0 Å². The lowest BCUT2D eigenvalue weighted by atomic mass is 10.1. The van der Waals surface area contributed by atoms with E-state index in [9.17, 15) is 0 Å². The number of hydrogen-bond acceptors (Lipinski definition) is 4. The minimum absolute atomic E-state index is 0.104. The summed E-state index contributed by atoms with van der Waals surface area (Å²) in [6.07, 6.45) is -0.139. The van der Waals surface area contributed by atoms with E-state index in [0.29, 0.717) is 0 Å². The molecule has 0 aliphatic carbocycles. The van der Waals surface area contributed by atoms with Crippen molar-refractivity contribution in [3.05, 3.63) is 11.5 Å². The van der Waals surface area contributed by atoms with E-state index < -0.39 is 12.2 Å². The molecule has 58 valence electrons. The third-order valence-corrected chi connectivity index (χ3v) is 2.53. The number of aliphatic hydroxyl groups excluding tert-OH is 3. The van der Waals surface area contributed by atoms with Gasteiger partial charge in [0.15, 0.2) is 0 Å². The highest BCUT2D eigenvalue weighted by Crippen LogP contribution is 2.23. The minimum atomic E-state index is -0.833. The smallest absolute Gasteiger partial charge is 0.0999 e. The highest BCUT2D eigenvalue weighted by molar-refractivity contribution is 8.02. The molecule has 1 aliphatic rings. The van der Waals surface area contributed by atoms with Crippen molar-refractivity contribution in [3.63, 3.8) is 0 Å². The minimum Gasteiger partial charge on any atom is -0.395 e. The molecule has 0 aromatic carbocycles. The van der Waals surface area contributed by atoms with Gasteiger partial charge < -0.3 is 15.3 Å². The molecule has 0 fully saturated rings. The summed E-state index contributed by atoms with van der Waals surface area (Å²) in [5.74, 6) is 0. The van der Waals surface area contributed by atoms with Crippen molar-refractivity contribution >= 4 is 11.8 Å². The van der Waals surface area contributed by atoms with Gasteiger partial charge in [-0.1, -0.05) is 0 Å². The van der Waals surface area contributed by atoms with E-state index in [-0.39, 0.29) is 11.9 Å². The Bertz CT molecular complexity index is 137. The van der Waals surface area contributed by atoms with E-state index in [1.807, 2.05) is 0 Å². The van der Waals surface area contributed by atoms with Gasteiger partial charge in [0.25, 0.3) is 0 Å². The van der Waals surface area contributed by atoms with Gasteiger partial charge in [0.2, 0.25) is 0 Å². The molecule has 10 heavy (non-hydrogen) atoms. The van der Waals surface area contributed by atoms with Crippen molar-refractivity contribution in [1.82, 2.24) is 0 Å². The number of hydrogen-bond donors (Lipinski definition) is 3. The molecule has 1 rings (SSSR count). The van der Waals surface area contributed by atoms with Gasteiger partial charge >= 0.3 is 0 Å². The van der Waals surface area contributed by atoms with Gasteiger partial charge in [0.1, 0.15) is 0 Å². The van der Waals surface area contributed by atoms with Crippen molar-refractivity contribution in [2.24, 2.45) is 0 Å². The number of rotatable bonds is 1. The van der Waals surface area contributed by atoms with Gasteiger partial charge in [-0.25, -0.2) is 0 Å². The molecule has 0 saturated heterocycles. The fraction of sp³-hybridized carbons (Fsp3) is 0.667. The monoisotopic (exact) mass is 162 g/mol. The normalized spacial score (nSPS) is 40.1. The zero-order chi connectivity index (χ0) is 7.56. The first kappa shape index (κ1) is 8.07. The number of aliphatic hydroxyl groups is 3. The van der Waals surface area contributed by atoms with Crippen molar-refractivity contribution in [2.45, 2.75) is 17.5 Å². The zero-order valence-electron chi connectivity index (χ0n) is 5.34. The van der Waals surface area contributed by atoms with Crippen LogP contribution in [0.25, 0.3) is 0 Å². The topological polar surface area (TPSA) is 60.7 Å². The Balaban J connectivity index is 2.56. The van der Waals surface area contributed by atoms with Crippen LogP contribution in [0.5, 0.6) is 0 Å². The first-order chi connectivity index (χ1) is 4.75. The summed E-state index contributed by atoms with van der Waals surface area (Å²) in [5, 5.41) is 28.2. The Morgan fingerprint density at radius 3 is 2.60 bits per heavy atom. The fourth-order valence-corrected chi connectivity index (χ4v) is 1.65. The van der Waals surface area contributed by atoms with Crippen molar-refractivity contribution in [2.75, 3.05) is 6.61 Å². The Hall–Kier alpha value is -0.0300. The Morgan fingerprint density at radius 2 is 2.10 bits per heavy atom. The van der Waals surface area contributed by atoms with Crippen LogP contribution < -0.4 is 0 Å². The van der Waals surface area contributed by atoms with Crippen LogP contribution in [-0.2, 0) is 0 Å². The van der Waals surface area contributed by atoms with E-state index in [0.717, 1.165) is 0 Å². The molecule has 0 bridgehead atoms. The summed E-state index contributed by atoms with van der Waals surface area (Å²) in [7, 11) is 0. The van der Waals surface area contributed by atoms with E-state index in [1.54, 1.807) is 5.41 Å². The molecule has 4 heteroatoms. The van der Waals surface area contributed by atoms with Crippen LogP contribution >= 0.6 is 11.8 Å². The second kappa shape index (κ2) is 3.39. The molecule has 0 amide bonds. The van der Waals surface area contributed by atoms with Crippen LogP contribution in [0.3, 0.4) is 0 Å². The average molecular weight is 162 g/mol. The van der Waals surface area contributed by atoms with E-state index in [1.165, 1.54) is 17.8 Å². The molecule has 0 saturated carbocycles. The van der Waals surface area contributed by atoms with Crippen LogP contribution in [0.2, 0.25) is 0 Å². The first-order valence-electron chi connectivity index (χ1n) is 3.05. The summed E-state index contributed by atoms with van der Waals surface area (Å²) < 4.78 is 0. The maximum atomic E-state index is 9.16. The SMILES string of the molecule is OCC1SC=CC(O)C1O. The number of thioether (sulfide) groups is 1. The molecule has 0 radical (unpaired) electrons. The van der Waals surface area contributed by atoms with E-state index in [2.05, 4.69) is 0 Å². The zero-order valence-corrected chi connectivity index (χ0v) is 6.16. The Labute approximate surface area is 63.4 Å². The van der Waals surface area contributed by atoms with E-state index >= 15 is 0 Å².